The van der Waals surface area contributed by atoms with Gasteiger partial charge in [-0.25, -0.2) is 0 Å². The van der Waals surface area contributed by atoms with Gasteiger partial charge >= 0.3 is 0 Å². The van der Waals surface area contributed by atoms with Crippen LogP contribution in [0.5, 0.6) is 0 Å². The molecule has 0 aliphatic carbocycles. The summed E-state index contributed by atoms with van der Waals surface area (Å²) >= 11 is 5.46. The van der Waals surface area contributed by atoms with Crippen molar-refractivity contribution in [2.45, 2.75) is 0 Å². The Morgan fingerprint density at radius 2 is 2.44 bits per heavy atom. The number of likely N-dealkylation sites (N-methyl/N-ethyl adjacent to an activating group) is 1. The molecule has 0 saturated carbocycles. The fraction of sp³-hybridized carbons (Fsp3) is 0.500. The van der Waals surface area contributed by atoms with Crippen molar-refractivity contribution >= 4 is 11.6 Å². The molecule has 2 nitrogen and oxygen atoms in total. The first-order chi connectivity index (χ1) is 4.16. The topological polar surface area (TPSA) is 27.0 Å². The van der Waals surface area contributed by atoms with Gasteiger partial charge in [0, 0.05) is 11.6 Å². The maximum Gasteiger partial charge on any atom is 0.0866 e. The van der Waals surface area contributed by atoms with Crippen LogP contribution >= 0.6 is 11.6 Å². The van der Waals surface area contributed by atoms with E-state index in [0.717, 1.165) is 0 Å². The maximum absolute atomic E-state index is 8.19. The average Bonchev–Trinajstić information content (AvgIpc) is 1.63. The van der Waals surface area contributed by atoms with Gasteiger partial charge in [0.25, 0.3) is 0 Å². The maximum atomic E-state index is 8.19. The Morgan fingerprint density at radius 1 is 1.89 bits per heavy atom. The van der Waals surface area contributed by atoms with E-state index in [1.807, 2.05) is 13.1 Å². The standard InChI is InChI=1S/C6H9ClN2/c1-6(7)5-9(2)4-3-8/h1,4-5H2,2H3. The molecule has 0 saturated heterocycles. The van der Waals surface area contributed by atoms with Crippen LogP contribution in [0, 0.1) is 11.3 Å². The third kappa shape index (κ3) is 5.35. The van der Waals surface area contributed by atoms with Crippen LogP contribution in [0.25, 0.3) is 0 Å². The molecule has 0 fully saturated rings. The highest BCUT2D eigenvalue weighted by atomic mass is 35.5. The predicted molar refractivity (Wildman–Crippen MR) is 38.1 cm³/mol. The van der Waals surface area contributed by atoms with Crippen LogP contribution in [0.3, 0.4) is 0 Å². The molecule has 0 spiro atoms. The van der Waals surface area contributed by atoms with E-state index in [9.17, 15) is 0 Å². The molecule has 0 radical (unpaired) electrons. The van der Waals surface area contributed by atoms with Crippen LogP contribution in [0.15, 0.2) is 11.6 Å². The molecule has 0 bridgehead atoms. The van der Waals surface area contributed by atoms with Crippen LogP contribution < -0.4 is 0 Å². The van der Waals surface area contributed by atoms with E-state index in [1.165, 1.54) is 0 Å². The number of rotatable bonds is 3. The minimum atomic E-state index is 0.395. The smallest absolute Gasteiger partial charge is 0.0866 e. The molecule has 0 aliphatic rings. The first kappa shape index (κ1) is 8.48. The van der Waals surface area contributed by atoms with Gasteiger partial charge in [0.2, 0.25) is 0 Å². The Kier molecular flexibility index (Phi) is 4.12. The van der Waals surface area contributed by atoms with Crippen molar-refractivity contribution in [1.82, 2.24) is 4.90 Å². The summed E-state index contributed by atoms with van der Waals surface area (Å²) in [6.45, 7) is 4.46. The summed E-state index contributed by atoms with van der Waals surface area (Å²) in [6.07, 6.45) is 0. The first-order valence-electron chi connectivity index (χ1n) is 2.55. The molecule has 0 aliphatic heterocycles. The molecule has 3 heteroatoms. The first-order valence-corrected chi connectivity index (χ1v) is 2.93. The Labute approximate surface area is 60.3 Å². The Balaban J connectivity index is 3.40. The van der Waals surface area contributed by atoms with Gasteiger partial charge < -0.3 is 0 Å². The van der Waals surface area contributed by atoms with E-state index in [2.05, 4.69) is 6.58 Å². The van der Waals surface area contributed by atoms with Crippen molar-refractivity contribution in [2.24, 2.45) is 0 Å². The number of nitrogens with zero attached hydrogens (tertiary/aromatic N) is 2. The molecular formula is C6H9ClN2. The van der Waals surface area contributed by atoms with Gasteiger partial charge in [0.05, 0.1) is 12.6 Å². The normalized spacial score (nSPS) is 9.11. The fourth-order valence-corrected chi connectivity index (χ4v) is 0.674. The second-order valence-electron chi connectivity index (χ2n) is 1.85. The minimum absolute atomic E-state index is 0.395. The predicted octanol–water partition coefficient (Wildman–Crippen LogP) is 1.19. The SMILES string of the molecule is C=C(Cl)CN(C)CC#N. The highest BCUT2D eigenvalue weighted by Crippen LogP contribution is 1.97. The second-order valence-corrected chi connectivity index (χ2v) is 2.38. The third-order valence-electron chi connectivity index (χ3n) is 0.782. The highest BCUT2D eigenvalue weighted by molar-refractivity contribution is 6.29. The summed E-state index contributed by atoms with van der Waals surface area (Å²) in [5.41, 5.74) is 0. The summed E-state index contributed by atoms with van der Waals surface area (Å²) < 4.78 is 0. The van der Waals surface area contributed by atoms with Gasteiger partial charge in [-0.05, 0) is 7.05 Å². The second kappa shape index (κ2) is 4.37. The minimum Gasteiger partial charge on any atom is -0.288 e. The summed E-state index contributed by atoms with van der Waals surface area (Å²) in [5, 5.41) is 8.75. The summed E-state index contributed by atoms with van der Waals surface area (Å²) in [5.74, 6) is 0. The molecular weight excluding hydrogens is 136 g/mol. The Morgan fingerprint density at radius 3 is 2.78 bits per heavy atom. The van der Waals surface area contributed by atoms with Gasteiger partial charge in [0.1, 0.15) is 0 Å². The molecule has 0 heterocycles. The zero-order chi connectivity index (χ0) is 7.28. The molecule has 0 aromatic carbocycles. The van der Waals surface area contributed by atoms with E-state index in [-0.39, 0.29) is 0 Å². The van der Waals surface area contributed by atoms with E-state index in [4.69, 9.17) is 16.9 Å². The molecule has 0 unspecified atom stereocenters. The molecule has 0 rings (SSSR count). The molecule has 0 amide bonds. The van der Waals surface area contributed by atoms with Gasteiger partial charge in [-0.3, -0.25) is 4.90 Å². The largest absolute Gasteiger partial charge is 0.288 e. The number of nitriles is 1. The van der Waals surface area contributed by atoms with Gasteiger partial charge in [-0.1, -0.05) is 18.2 Å². The number of hydrogen-bond donors (Lipinski definition) is 0. The van der Waals surface area contributed by atoms with E-state index in [0.29, 0.717) is 18.1 Å². The monoisotopic (exact) mass is 144 g/mol. The van der Waals surface area contributed by atoms with Gasteiger partial charge in [0.15, 0.2) is 0 Å². The average molecular weight is 145 g/mol. The lowest BCUT2D eigenvalue weighted by Gasteiger charge is -2.09. The van der Waals surface area contributed by atoms with Crippen molar-refractivity contribution in [3.8, 4) is 6.07 Å². The van der Waals surface area contributed by atoms with Crippen molar-refractivity contribution in [3.05, 3.63) is 11.6 Å². The lowest BCUT2D eigenvalue weighted by Crippen LogP contribution is -2.19. The van der Waals surface area contributed by atoms with E-state index in [1.54, 1.807) is 4.90 Å². The molecule has 50 valence electrons. The lowest BCUT2D eigenvalue weighted by atomic mass is 10.5. The van der Waals surface area contributed by atoms with Crippen molar-refractivity contribution in [2.75, 3.05) is 20.1 Å². The fourth-order valence-electron chi connectivity index (χ4n) is 0.469. The quantitative estimate of drug-likeness (QED) is 0.557. The van der Waals surface area contributed by atoms with Crippen molar-refractivity contribution in [3.63, 3.8) is 0 Å². The van der Waals surface area contributed by atoms with Crippen LogP contribution in [0.2, 0.25) is 0 Å². The number of hydrogen-bond acceptors (Lipinski definition) is 2. The van der Waals surface area contributed by atoms with Crippen LogP contribution in [-0.2, 0) is 0 Å². The third-order valence-corrected chi connectivity index (χ3v) is 0.902. The molecule has 0 aromatic heterocycles. The highest BCUT2D eigenvalue weighted by Gasteiger charge is 1.95. The molecule has 0 atom stereocenters. The number of halogens is 1. The van der Waals surface area contributed by atoms with Crippen LogP contribution in [0.4, 0.5) is 0 Å². The van der Waals surface area contributed by atoms with E-state index >= 15 is 0 Å². The van der Waals surface area contributed by atoms with Crippen LogP contribution in [0.1, 0.15) is 0 Å². The lowest BCUT2D eigenvalue weighted by molar-refractivity contribution is 0.414. The van der Waals surface area contributed by atoms with Crippen LogP contribution in [-0.4, -0.2) is 25.0 Å². The summed E-state index contributed by atoms with van der Waals surface area (Å²) in [6, 6.07) is 2.00. The summed E-state index contributed by atoms with van der Waals surface area (Å²) in [4.78, 5) is 1.79. The summed E-state index contributed by atoms with van der Waals surface area (Å²) in [7, 11) is 1.82. The molecule has 0 N–H and O–H groups in total. The molecule has 0 aromatic rings. The molecule has 9 heavy (non-hydrogen) atoms. The Bertz CT molecular complexity index is 136. The van der Waals surface area contributed by atoms with Gasteiger partial charge in [-0.2, -0.15) is 5.26 Å². The Hall–Kier alpha value is -0.520. The van der Waals surface area contributed by atoms with Crippen molar-refractivity contribution < 1.29 is 0 Å². The zero-order valence-corrected chi connectivity index (χ0v) is 6.15. The zero-order valence-electron chi connectivity index (χ0n) is 5.39. The van der Waals surface area contributed by atoms with Gasteiger partial charge in [-0.15, -0.1) is 0 Å². The van der Waals surface area contributed by atoms with E-state index < -0.39 is 0 Å². The van der Waals surface area contributed by atoms with Crippen molar-refractivity contribution in [1.29, 1.82) is 5.26 Å².